The zero-order valence-corrected chi connectivity index (χ0v) is 10.1. The average molecular weight is 256 g/mol. The highest BCUT2D eigenvalue weighted by atomic mass is 31.1. The molecule has 3 aromatic rings. The van der Waals surface area contributed by atoms with Gasteiger partial charge in [-0.25, -0.2) is 4.20 Å². The van der Waals surface area contributed by atoms with E-state index in [4.69, 9.17) is 14.2 Å². The Morgan fingerprint density at radius 2 is 1.89 bits per heavy atom. The summed E-state index contributed by atoms with van der Waals surface area (Å²) in [5.74, 6) is 0.283. The molecule has 1 aromatic heterocycles. The molecule has 1 heterocycles. The second kappa shape index (κ2) is 4.14. The highest BCUT2D eigenvalue weighted by Crippen LogP contribution is 2.40. The molecule has 0 fully saturated rings. The van der Waals surface area contributed by atoms with Gasteiger partial charge in [-0.05, 0) is 22.8 Å². The third-order valence-electron chi connectivity index (χ3n) is 2.70. The molecule has 3 rings (SSSR count). The number of nitriles is 1. The van der Waals surface area contributed by atoms with Crippen molar-refractivity contribution < 1.29 is 13.5 Å². The number of fused-ring (bicyclic) bond motifs is 3. The van der Waals surface area contributed by atoms with Gasteiger partial charge < -0.3 is 4.74 Å². The molecule has 0 saturated heterocycles. The van der Waals surface area contributed by atoms with E-state index in [-0.39, 0.29) is 5.75 Å². The van der Waals surface area contributed by atoms with E-state index in [2.05, 4.69) is 0 Å². The molecule has 1 unspecified atom stereocenters. The Morgan fingerprint density at radius 3 is 2.72 bits per heavy atom. The van der Waals surface area contributed by atoms with Crippen molar-refractivity contribution in [2.45, 2.75) is 0 Å². The quantitative estimate of drug-likeness (QED) is 0.483. The van der Waals surface area contributed by atoms with Gasteiger partial charge in [0.15, 0.2) is 11.3 Å². The summed E-state index contributed by atoms with van der Waals surface area (Å²) in [4.78, 5) is 0. The van der Waals surface area contributed by atoms with Crippen LogP contribution in [-0.2, 0) is 4.57 Å². The van der Waals surface area contributed by atoms with E-state index in [1.807, 2.05) is 24.3 Å². The summed E-state index contributed by atoms with van der Waals surface area (Å²) in [6.45, 7) is 0. The van der Waals surface area contributed by atoms with Crippen molar-refractivity contribution in [1.29, 1.82) is 5.26 Å². The van der Waals surface area contributed by atoms with Crippen molar-refractivity contribution in [3.05, 3.63) is 42.5 Å². The van der Waals surface area contributed by atoms with E-state index in [9.17, 15) is 4.57 Å². The number of benzene rings is 2. The van der Waals surface area contributed by atoms with Gasteiger partial charge in [0, 0.05) is 10.8 Å². The maximum atomic E-state index is 12.1. The first kappa shape index (κ1) is 10.8. The molecule has 0 saturated carbocycles. The molecule has 0 N–H and O–H groups in total. The van der Waals surface area contributed by atoms with Crippen molar-refractivity contribution in [3.63, 3.8) is 0 Å². The van der Waals surface area contributed by atoms with Crippen LogP contribution in [-0.4, -0.2) is 0 Å². The Labute approximate surface area is 103 Å². The van der Waals surface area contributed by atoms with Crippen LogP contribution in [0.2, 0.25) is 0 Å². The molecular formula is C13H7NO3P+. The van der Waals surface area contributed by atoms with Crippen molar-refractivity contribution in [3.8, 4) is 12.0 Å². The van der Waals surface area contributed by atoms with E-state index >= 15 is 0 Å². The normalized spacial score (nSPS) is 11.4. The molecule has 86 valence electrons. The Hall–Kier alpha value is -2.37. The number of rotatable bonds is 1. The molecule has 1 atom stereocenters. The third kappa shape index (κ3) is 1.54. The lowest BCUT2D eigenvalue weighted by molar-refractivity contribution is 0.512. The maximum Gasteiger partial charge on any atom is 0.602 e. The standard InChI is InChI=1S/C13H7NO3P/c14-8-16-12-7-3-5-10-9-4-1-2-6-11(9)17-18(15)13(10)12/h1-7H/q+1. The topological polar surface area (TPSA) is 63.2 Å². The molecule has 0 aliphatic carbocycles. The molecule has 0 amide bonds. The van der Waals surface area contributed by atoms with Gasteiger partial charge in [-0.2, -0.15) is 0 Å². The largest absolute Gasteiger partial charge is 0.602 e. The minimum absolute atomic E-state index is 0.283. The van der Waals surface area contributed by atoms with Crippen molar-refractivity contribution in [2.75, 3.05) is 0 Å². The molecular weight excluding hydrogens is 249 g/mol. The number of ether oxygens (including phenoxy) is 1. The molecule has 4 nitrogen and oxygen atoms in total. The minimum Gasteiger partial charge on any atom is -0.383 e. The Kier molecular flexibility index (Phi) is 2.47. The van der Waals surface area contributed by atoms with Gasteiger partial charge in [0.05, 0.1) is 0 Å². The number of hydrogen-bond donors (Lipinski definition) is 0. The van der Waals surface area contributed by atoms with Gasteiger partial charge in [0.2, 0.25) is 0 Å². The molecule has 0 bridgehead atoms. The van der Waals surface area contributed by atoms with Crippen molar-refractivity contribution in [2.24, 2.45) is 0 Å². The summed E-state index contributed by atoms with van der Waals surface area (Å²) < 4.78 is 22.3. The van der Waals surface area contributed by atoms with Gasteiger partial charge in [0.1, 0.15) is 0 Å². The Balaban J connectivity index is 2.56. The first-order valence-electron chi connectivity index (χ1n) is 5.25. The van der Waals surface area contributed by atoms with Gasteiger partial charge in [-0.3, -0.25) is 0 Å². The van der Waals surface area contributed by atoms with Crippen LogP contribution in [0.1, 0.15) is 0 Å². The van der Waals surface area contributed by atoms with Crippen LogP contribution in [0.4, 0.5) is 0 Å². The van der Waals surface area contributed by atoms with Crippen molar-refractivity contribution >= 4 is 29.1 Å². The predicted octanol–water partition coefficient (Wildman–Crippen LogP) is 4.19. The molecule has 5 heteroatoms. The number of para-hydroxylation sites is 1. The number of hydrogen-bond acceptors (Lipinski definition) is 4. The average Bonchev–Trinajstić information content (AvgIpc) is 2.39. The zero-order valence-electron chi connectivity index (χ0n) is 9.16. The lowest BCUT2D eigenvalue weighted by Crippen LogP contribution is -1.83. The van der Waals surface area contributed by atoms with Gasteiger partial charge in [0.25, 0.3) is 11.4 Å². The highest BCUT2D eigenvalue weighted by molar-refractivity contribution is 7.37. The first-order valence-corrected chi connectivity index (χ1v) is 6.42. The van der Waals surface area contributed by atoms with E-state index in [1.54, 1.807) is 24.5 Å². The second-order valence-corrected chi connectivity index (χ2v) is 4.83. The van der Waals surface area contributed by atoms with Crippen molar-refractivity contribution in [1.82, 2.24) is 0 Å². The third-order valence-corrected chi connectivity index (χ3v) is 3.88. The second-order valence-electron chi connectivity index (χ2n) is 3.69. The summed E-state index contributed by atoms with van der Waals surface area (Å²) >= 11 is 0. The maximum absolute atomic E-state index is 12.1. The molecule has 0 spiro atoms. The molecule has 0 aliphatic heterocycles. The van der Waals surface area contributed by atoms with Crippen LogP contribution >= 0.6 is 7.65 Å². The van der Waals surface area contributed by atoms with E-state index < -0.39 is 7.65 Å². The summed E-state index contributed by atoms with van der Waals surface area (Å²) in [6, 6.07) is 12.6. The SMILES string of the molecule is N#COc1cccc2c3ccccc3o[p+](=O)c12. The van der Waals surface area contributed by atoms with Crippen LogP contribution < -0.4 is 4.74 Å². The lowest BCUT2D eigenvalue weighted by atomic mass is 10.1. The summed E-state index contributed by atoms with van der Waals surface area (Å²) in [6.07, 6.45) is 1.59. The van der Waals surface area contributed by atoms with Crippen LogP contribution in [0.25, 0.3) is 21.5 Å². The van der Waals surface area contributed by atoms with E-state index in [0.29, 0.717) is 10.7 Å². The molecule has 0 radical (unpaired) electrons. The fourth-order valence-electron chi connectivity index (χ4n) is 1.96. The predicted molar refractivity (Wildman–Crippen MR) is 67.6 cm³/mol. The first-order chi connectivity index (χ1) is 8.81. The zero-order chi connectivity index (χ0) is 12.5. The fourth-order valence-corrected chi connectivity index (χ4v) is 3.08. The van der Waals surface area contributed by atoms with Gasteiger partial charge in [-0.15, -0.1) is 5.26 Å². The van der Waals surface area contributed by atoms with E-state index in [1.165, 1.54) is 0 Å². The van der Waals surface area contributed by atoms with Gasteiger partial charge in [-0.1, -0.05) is 24.3 Å². The van der Waals surface area contributed by atoms with E-state index in [0.717, 1.165) is 10.8 Å². The summed E-state index contributed by atoms with van der Waals surface area (Å²) in [5, 5.41) is 10.7. The van der Waals surface area contributed by atoms with Crippen LogP contribution in [0.5, 0.6) is 5.75 Å². The number of nitrogens with zero attached hydrogens (tertiary/aromatic N) is 1. The smallest absolute Gasteiger partial charge is 0.383 e. The molecule has 0 aliphatic rings. The lowest BCUT2D eigenvalue weighted by Gasteiger charge is -1.98. The van der Waals surface area contributed by atoms with Crippen LogP contribution in [0.3, 0.4) is 0 Å². The fraction of sp³-hybridized carbons (Fsp3) is 0. The van der Waals surface area contributed by atoms with Crippen LogP contribution in [0, 0.1) is 11.5 Å². The van der Waals surface area contributed by atoms with Crippen LogP contribution in [0.15, 0.2) is 46.7 Å². The van der Waals surface area contributed by atoms with Gasteiger partial charge >= 0.3 is 7.65 Å². The Morgan fingerprint density at radius 1 is 1.11 bits per heavy atom. The summed E-state index contributed by atoms with van der Waals surface area (Å²) in [7, 11) is -2.05. The monoisotopic (exact) mass is 256 g/mol. The highest BCUT2D eigenvalue weighted by Gasteiger charge is 2.21. The summed E-state index contributed by atoms with van der Waals surface area (Å²) in [5.41, 5.74) is 0.584. The Bertz CT molecular complexity index is 848. The minimum atomic E-state index is -2.05. The molecule has 2 aromatic carbocycles. The molecule has 18 heavy (non-hydrogen) atoms.